The normalized spacial score (nSPS) is 13.4. The van der Waals surface area contributed by atoms with E-state index in [1.165, 1.54) is 16.8 Å². The van der Waals surface area contributed by atoms with Crippen LogP contribution in [0.1, 0.15) is 49.5 Å². The van der Waals surface area contributed by atoms with Crippen LogP contribution >= 0.6 is 0 Å². The first-order chi connectivity index (χ1) is 13.1. The van der Waals surface area contributed by atoms with Crippen LogP contribution in [-0.2, 0) is 19.2 Å². The monoisotopic (exact) mass is 394 g/mol. The summed E-state index contributed by atoms with van der Waals surface area (Å²) in [7, 11) is 0. The number of aliphatic hydroxyl groups excluding tert-OH is 1. The summed E-state index contributed by atoms with van der Waals surface area (Å²) in [5, 5.41) is 14.1. The maximum atomic E-state index is 12.8. The summed E-state index contributed by atoms with van der Waals surface area (Å²) in [6.07, 6.45) is -3.86. The molecule has 3 aromatic rings. The molecular formula is C19H21F3N4O2. The van der Waals surface area contributed by atoms with Crippen molar-refractivity contribution in [3.63, 3.8) is 0 Å². The lowest BCUT2D eigenvalue weighted by atomic mass is 10.1. The highest BCUT2D eigenvalue weighted by Crippen LogP contribution is 2.31. The molecule has 0 radical (unpaired) electrons. The molecule has 28 heavy (non-hydrogen) atoms. The minimum absolute atomic E-state index is 0.179. The third-order valence-electron chi connectivity index (χ3n) is 4.52. The molecule has 2 N–H and O–H groups in total. The van der Waals surface area contributed by atoms with E-state index in [9.17, 15) is 23.1 Å². The predicted molar refractivity (Wildman–Crippen MR) is 97.9 cm³/mol. The summed E-state index contributed by atoms with van der Waals surface area (Å²) in [4.78, 5) is 19.7. The molecule has 0 unspecified atom stereocenters. The van der Waals surface area contributed by atoms with Crippen molar-refractivity contribution in [3.8, 4) is 0 Å². The lowest BCUT2D eigenvalue weighted by Crippen LogP contribution is -2.16. The van der Waals surface area contributed by atoms with Crippen molar-refractivity contribution in [2.75, 3.05) is 0 Å². The lowest BCUT2D eigenvalue weighted by molar-refractivity contribution is -0.137. The van der Waals surface area contributed by atoms with Gasteiger partial charge in [-0.3, -0.25) is 4.79 Å². The zero-order chi connectivity index (χ0) is 20.6. The summed E-state index contributed by atoms with van der Waals surface area (Å²) >= 11 is 0. The van der Waals surface area contributed by atoms with Crippen LogP contribution in [0.5, 0.6) is 0 Å². The summed E-state index contributed by atoms with van der Waals surface area (Å²) < 4.78 is 39.9. The zero-order valence-electron chi connectivity index (χ0n) is 15.7. The Morgan fingerprint density at radius 3 is 2.36 bits per heavy atom. The van der Waals surface area contributed by atoms with Crippen molar-refractivity contribution < 1.29 is 18.3 Å². The third kappa shape index (κ3) is 3.80. The van der Waals surface area contributed by atoms with Crippen LogP contribution in [0.2, 0.25) is 0 Å². The fourth-order valence-corrected chi connectivity index (χ4v) is 3.12. The quantitative estimate of drug-likeness (QED) is 0.694. The molecule has 0 aliphatic rings. The average Bonchev–Trinajstić information content (AvgIpc) is 2.99. The van der Waals surface area contributed by atoms with E-state index in [4.69, 9.17) is 0 Å². The van der Waals surface area contributed by atoms with E-state index in [0.717, 1.165) is 12.1 Å². The Morgan fingerprint density at radius 2 is 1.82 bits per heavy atom. The van der Waals surface area contributed by atoms with Crippen molar-refractivity contribution in [1.82, 2.24) is 19.7 Å². The molecule has 0 saturated heterocycles. The number of aromatic nitrogens is 4. The van der Waals surface area contributed by atoms with E-state index < -0.39 is 29.9 Å². The average molecular weight is 394 g/mol. The Kier molecular flexibility index (Phi) is 5.29. The molecule has 9 heteroatoms. The molecule has 2 heterocycles. The first-order valence-electron chi connectivity index (χ1n) is 8.90. The number of fused-ring (bicyclic) bond motifs is 1. The molecule has 0 aliphatic carbocycles. The molecule has 1 aromatic carbocycles. The summed E-state index contributed by atoms with van der Waals surface area (Å²) in [5.41, 5.74) is -0.0713. The SMILES string of the molecule is CC(C)Cc1nc2c(c(CO)nn2[C@H](C)c2ccc(C(F)(F)F)cc2)c(=O)[nH]1. The molecule has 0 spiro atoms. The van der Waals surface area contributed by atoms with Crippen molar-refractivity contribution >= 4 is 11.0 Å². The fourth-order valence-electron chi connectivity index (χ4n) is 3.12. The van der Waals surface area contributed by atoms with Gasteiger partial charge in [0.1, 0.15) is 16.9 Å². The number of H-pyrrole nitrogens is 1. The van der Waals surface area contributed by atoms with Crippen LogP contribution in [0.15, 0.2) is 29.1 Å². The highest BCUT2D eigenvalue weighted by molar-refractivity contribution is 5.77. The predicted octanol–water partition coefficient (Wildman–Crippen LogP) is 3.44. The number of alkyl halides is 3. The second-order valence-electron chi connectivity index (χ2n) is 7.15. The molecule has 0 bridgehead atoms. The first kappa shape index (κ1) is 20.1. The highest BCUT2D eigenvalue weighted by atomic mass is 19.4. The first-order valence-corrected chi connectivity index (χ1v) is 8.90. The maximum Gasteiger partial charge on any atom is 0.416 e. The molecule has 0 aliphatic heterocycles. The number of aromatic amines is 1. The molecule has 1 atom stereocenters. The van der Waals surface area contributed by atoms with Gasteiger partial charge in [0.15, 0.2) is 5.65 Å². The number of nitrogens with zero attached hydrogens (tertiary/aromatic N) is 3. The fraction of sp³-hybridized carbons (Fsp3) is 0.421. The number of rotatable bonds is 5. The number of hydrogen-bond donors (Lipinski definition) is 2. The van der Waals surface area contributed by atoms with Gasteiger partial charge in [-0.15, -0.1) is 0 Å². The Bertz CT molecular complexity index is 1040. The third-order valence-corrected chi connectivity index (χ3v) is 4.52. The second-order valence-corrected chi connectivity index (χ2v) is 7.15. The van der Waals surface area contributed by atoms with Gasteiger partial charge in [-0.25, -0.2) is 9.67 Å². The van der Waals surface area contributed by atoms with Crippen LogP contribution in [0.3, 0.4) is 0 Å². The van der Waals surface area contributed by atoms with Crippen LogP contribution in [0.25, 0.3) is 11.0 Å². The number of nitrogens with one attached hydrogen (secondary N) is 1. The minimum Gasteiger partial charge on any atom is -0.390 e. The van der Waals surface area contributed by atoms with Crippen LogP contribution < -0.4 is 5.56 Å². The summed E-state index contributed by atoms with van der Waals surface area (Å²) in [5.74, 6) is 0.763. The smallest absolute Gasteiger partial charge is 0.390 e. The molecule has 3 rings (SSSR count). The maximum absolute atomic E-state index is 12.8. The number of hydrogen-bond acceptors (Lipinski definition) is 4. The van der Waals surface area contributed by atoms with Gasteiger partial charge in [0.25, 0.3) is 5.56 Å². The van der Waals surface area contributed by atoms with Crippen LogP contribution in [-0.4, -0.2) is 24.9 Å². The van der Waals surface area contributed by atoms with Crippen molar-refractivity contribution in [2.24, 2.45) is 5.92 Å². The van der Waals surface area contributed by atoms with Gasteiger partial charge >= 0.3 is 6.18 Å². The number of halogens is 3. The largest absolute Gasteiger partial charge is 0.416 e. The van der Waals surface area contributed by atoms with Gasteiger partial charge in [-0.1, -0.05) is 26.0 Å². The lowest BCUT2D eigenvalue weighted by Gasteiger charge is -2.15. The van der Waals surface area contributed by atoms with E-state index in [1.54, 1.807) is 6.92 Å². The molecular weight excluding hydrogens is 373 g/mol. The Morgan fingerprint density at radius 1 is 1.18 bits per heavy atom. The molecule has 150 valence electrons. The van der Waals surface area contributed by atoms with Gasteiger partial charge in [0.2, 0.25) is 0 Å². The van der Waals surface area contributed by atoms with Crippen molar-refractivity contribution in [2.45, 2.75) is 46.0 Å². The highest BCUT2D eigenvalue weighted by Gasteiger charge is 2.30. The number of benzene rings is 1. The van der Waals surface area contributed by atoms with Crippen molar-refractivity contribution in [3.05, 3.63) is 57.3 Å². The summed E-state index contributed by atoms with van der Waals surface area (Å²) in [6, 6.07) is 4.29. The Balaban J connectivity index is 2.10. The minimum atomic E-state index is -4.41. The molecule has 0 fully saturated rings. The standard InChI is InChI=1S/C19H21F3N4O2/c1-10(2)8-15-23-17-16(18(28)24-15)14(9-27)25-26(17)11(3)12-4-6-13(7-5-12)19(20,21)22/h4-7,10-11,27H,8-9H2,1-3H3,(H,23,24,28)/t11-/m1/s1. The van der Waals surface area contributed by atoms with Gasteiger partial charge in [-0.05, 0) is 30.5 Å². The van der Waals surface area contributed by atoms with E-state index >= 15 is 0 Å². The number of aliphatic hydroxyl groups is 1. The summed E-state index contributed by atoms with van der Waals surface area (Å²) in [6.45, 7) is 5.29. The Hall–Kier alpha value is -2.68. The Labute approximate surface area is 159 Å². The van der Waals surface area contributed by atoms with Gasteiger partial charge < -0.3 is 10.1 Å². The van der Waals surface area contributed by atoms with E-state index in [0.29, 0.717) is 23.5 Å². The molecule has 6 nitrogen and oxygen atoms in total. The molecule has 2 aromatic heterocycles. The van der Waals surface area contributed by atoms with Gasteiger partial charge in [0.05, 0.1) is 18.2 Å². The van der Waals surface area contributed by atoms with E-state index in [2.05, 4.69) is 15.1 Å². The van der Waals surface area contributed by atoms with Gasteiger partial charge in [-0.2, -0.15) is 18.3 Å². The van der Waals surface area contributed by atoms with Gasteiger partial charge in [0, 0.05) is 6.42 Å². The van der Waals surface area contributed by atoms with Crippen LogP contribution in [0, 0.1) is 5.92 Å². The zero-order valence-corrected chi connectivity index (χ0v) is 15.7. The second kappa shape index (κ2) is 7.38. The topological polar surface area (TPSA) is 83.8 Å². The van der Waals surface area contributed by atoms with Crippen molar-refractivity contribution in [1.29, 1.82) is 0 Å². The van der Waals surface area contributed by atoms with E-state index in [1.807, 2.05) is 13.8 Å². The van der Waals surface area contributed by atoms with E-state index in [-0.39, 0.29) is 17.0 Å². The van der Waals surface area contributed by atoms with Crippen LogP contribution in [0.4, 0.5) is 13.2 Å². The molecule has 0 saturated carbocycles. The molecule has 0 amide bonds.